The fourth-order valence-electron chi connectivity index (χ4n) is 2.40. The van der Waals surface area contributed by atoms with Crippen molar-refractivity contribution in [2.45, 2.75) is 37.0 Å². The molecule has 16 heavy (non-hydrogen) atoms. The van der Waals surface area contributed by atoms with Crippen molar-refractivity contribution in [3.8, 4) is 0 Å². The summed E-state index contributed by atoms with van der Waals surface area (Å²) in [5, 5.41) is 4.58. The molecule has 1 N–H and O–H groups in total. The molecule has 0 bridgehead atoms. The highest BCUT2D eigenvalue weighted by atomic mass is 32.2. The molecule has 1 saturated carbocycles. The zero-order valence-electron chi connectivity index (χ0n) is 9.99. The Morgan fingerprint density at radius 1 is 1.25 bits per heavy atom. The molecule has 2 heteroatoms. The Kier molecular flexibility index (Phi) is 4.73. The van der Waals surface area contributed by atoms with Crippen LogP contribution in [0.15, 0.2) is 30.3 Å². The summed E-state index contributed by atoms with van der Waals surface area (Å²) in [6.07, 6.45) is 7.50. The van der Waals surface area contributed by atoms with Crippen molar-refractivity contribution in [1.29, 1.82) is 0 Å². The average molecular weight is 235 g/mol. The quantitative estimate of drug-likeness (QED) is 0.841. The smallest absolute Gasteiger partial charge is 0.00781 e. The van der Waals surface area contributed by atoms with Crippen molar-refractivity contribution >= 4 is 11.8 Å². The molecule has 1 aromatic rings. The molecule has 0 aliphatic heterocycles. The standard InChI is InChI=1S/C14H21NS/c1-16-14-8-7-13(11-14)15-10-9-12-5-3-2-4-6-12/h2-6,13-15H,7-11H2,1H3. The van der Waals surface area contributed by atoms with Gasteiger partial charge in [0.05, 0.1) is 0 Å². The van der Waals surface area contributed by atoms with Crippen molar-refractivity contribution in [3.63, 3.8) is 0 Å². The van der Waals surface area contributed by atoms with Gasteiger partial charge in [0.25, 0.3) is 0 Å². The Labute approximate surface area is 103 Å². The number of rotatable bonds is 5. The lowest BCUT2D eigenvalue weighted by atomic mass is 10.1. The lowest BCUT2D eigenvalue weighted by Gasteiger charge is -2.12. The predicted molar refractivity (Wildman–Crippen MR) is 73.1 cm³/mol. The molecule has 0 heterocycles. The molecule has 0 saturated heterocycles. The van der Waals surface area contributed by atoms with Gasteiger partial charge in [-0.25, -0.2) is 0 Å². The summed E-state index contributed by atoms with van der Waals surface area (Å²) in [5.41, 5.74) is 1.44. The summed E-state index contributed by atoms with van der Waals surface area (Å²) in [6, 6.07) is 11.5. The molecule has 0 aromatic heterocycles. The molecule has 2 rings (SSSR count). The van der Waals surface area contributed by atoms with E-state index < -0.39 is 0 Å². The van der Waals surface area contributed by atoms with E-state index in [1.807, 2.05) is 11.8 Å². The lowest BCUT2D eigenvalue weighted by molar-refractivity contribution is 0.528. The van der Waals surface area contributed by atoms with Crippen LogP contribution in [-0.4, -0.2) is 24.1 Å². The van der Waals surface area contributed by atoms with Gasteiger partial charge in [0.2, 0.25) is 0 Å². The minimum absolute atomic E-state index is 0.765. The van der Waals surface area contributed by atoms with Gasteiger partial charge in [0.1, 0.15) is 0 Å². The summed E-state index contributed by atoms with van der Waals surface area (Å²) in [5.74, 6) is 0. The Morgan fingerprint density at radius 3 is 2.75 bits per heavy atom. The van der Waals surface area contributed by atoms with Crippen LogP contribution in [0.2, 0.25) is 0 Å². The van der Waals surface area contributed by atoms with E-state index >= 15 is 0 Å². The first-order valence-corrected chi connectivity index (χ1v) is 7.47. The van der Waals surface area contributed by atoms with Crippen molar-refractivity contribution in [2.75, 3.05) is 12.8 Å². The summed E-state index contributed by atoms with van der Waals surface area (Å²) in [6.45, 7) is 1.12. The normalized spacial score (nSPS) is 24.8. The van der Waals surface area contributed by atoms with E-state index in [0.717, 1.165) is 24.3 Å². The Hall–Kier alpha value is -0.470. The van der Waals surface area contributed by atoms with Gasteiger partial charge in [-0.3, -0.25) is 0 Å². The van der Waals surface area contributed by atoms with Crippen LogP contribution in [0.3, 0.4) is 0 Å². The van der Waals surface area contributed by atoms with E-state index in [9.17, 15) is 0 Å². The maximum Gasteiger partial charge on any atom is 0.00781 e. The second kappa shape index (κ2) is 6.31. The van der Waals surface area contributed by atoms with Crippen molar-refractivity contribution in [3.05, 3.63) is 35.9 Å². The van der Waals surface area contributed by atoms with Crippen molar-refractivity contribution in [2.24, 2.45) is 0 Å². The third kappa shape index (κ3) is 3.53. The van der Waals surface area contributed by atoms with Crippen LogP contribution in [0, 0.1) is 0 Å². The van der Waals surface area contributed by atoms with E-state index in [1.165, 1.54) is 24.8 Å². The van der Waals surface area contributed by atoms with Crippen LogP contribution in [0.1, 0.15) is 24.8 Å². The van der Waals surface area contributed by atoms with Gasteiger partial charge in [-0.05, 0) is 44.0 Å². The Balaban J connectivity index is 1.65. The molecule has 2 atom stereocenters. The molecular formula is C14H21NS. The van der Waals surface area contributed by atoms with Crippen LogP contribution in [0.25, 0.3) is 0 Å². The molecule has 0 radical (unpaired) electrons. The van der Waals surface area contributed by atoms with Crippen LogP contribution in [0.4, 0.5) is 0 Å². The number of nitrogens with one attached hydrogen (secondary N) is 1. The largest absolute Gasteiger partial charge is 0.314 e. The third-order valence-electron chi connectivity index (χ3n) is 3.41. The molecule has 1 aromatic carbocycles. The molecule has 1 aliphatic rings. The monoisotopic (exact) mass is 235 g/mol. The molecule has 0 spiro atoms. The maximum atomic E-state index is 3.68. The van der Waals surface area contributed by atoms with Gasteiger partial charge < -0.3 is 5.32 Å². The fourth-order valence-corrected chi connectivity index (χ4v) is 3.20. The molecule has 1 aliphatic carbocycles. The zero-order chi connectivity index (χ0) is 11.2. The van der Waals surface area contributed by atoms with Crippen molar-refractivity contribution in [1.82, 2.24) is 5.32 Å². The second-order valence-corrected chi connectivity index (χ2v) is 5.70. The van der Waals surface area contributed by atoms with Gasteiger partial charge in [-0.1, -0.05) is 30.3 Å². The van der Waals surface area contributed by atoms with E-state index in [2.05, 4.69) is 41.9 Å². The van der Waals surface area contributed by atoms with Gasteiger partial charge in [0.15, 0.2) is 0 Å². The van der Waals surface area contributed by atoms with Crippen LogP contribution in [0.5, 0.6) is 0 Å². The molecular weight excluding hydrogens is 214 g/mol. The minimum atomic E-state index is 0.765. The first-order valence-electron chi connectivity index (χ1n) is 6.18. The predicted octanol–water partition coefficient (Wildman–Crippen LogP) is 3.10. The number of thioether (sulfide) groups is 1. The molecule has 88 valence electrons. The average Bonchev–Trinajstić information content (AvgIpc) is 2.78. The van der Waals surface area contributed by atoms with Crippen LogP contribution >= 0.6 is 11.8 Å². The molecule has 1 nitrogen and oxygen atoms in total. The number of hydrogen-bond acceptors (Lipinski definition) is 2. The van der Waals surface area contributed by atoms with E-state index in [1.54, 1.807) is 0 Å². The summed E-state index contributed by atoms with van der Waals surface area (Å²) < 4.78 is 0. The molecule has 1 fully saturated rings. The topological polar surface area (TPSA) is 12.0 Å². The van der Waals surface area contributed by atoms with Crippen molar-refractivity contribution < 1.29 is 0 Å². The van der Waals surface area contributed by atoms with E-state index in [-0.39, 0.29) is 0 Å². The maximum absolute atomic E-state index is 3.68. The van der Waals surface area contributed by atoms with Gasteiger partial charge in [-0.2, -0.15) is 11.8 Å². The Bertz CT molecular complexity index is 299. The van der Waals surface area contributed by atoms with Gasteiger partial charge in [0, 0.05) is 11.3 Å². The summed E-state index contributed by atoms with van der Waals surface area (Å²) in [7, 11) is 0. The minimum Gasteiger partial charge on any atom is -0.314 e. The number of benzene rings is 1. The summed E-state index contributed by atoms with van der Waals surface area (Å²) >= 11 is 2.03. The molecule has 2 unspecified atom stereocenters. The van der Waals surface area contributed by atoms with E-state index in [4.69, 9.17) is 0 Å². The highest BCUT2D eigenvalue weighted by Gasteiger charge is 2.22. The first-order chi connectivity index (χ1) is 7.88. The fraction of sp³-hybridized carbons (Fsp3) is 0.571. The zero-order valence-corrected chi connectivity index (χ0v) is 10.8. The van der Waals surface area contributed by atoms with Gasteiger partial charge >= 0.3 is 0 Å². The van der Waals surface area contributed by atoms with E-state index in [0.29, 0.717) is 0 Å². The SMILES string of the molecule is CSC1CCC(NCCc2ccccc2)C1. The van der Waals surface area contributed by atoms with Gasteiger partial charge in [-0.15, -0.1) is 0 Å². The third-order valence-corrected chi connectivity index (χ3v) is 4.50. The van der Waals surface area contributed by atoms with Crippen LogP contribution in [-0.2, 0) is 6.42 Å². The first kappa shape index (κ1) is 12.0. The second-order valence-electron chi connectivity index (χ2n) is 4.56. The van der Waals surface area contributed by atoms with Crippen LogP contribution < -0.4 is 5.32 Å². The summed E-state index contributed by atoms with van der Waals surface area (Å²) in [4.78, 5) is 0. The highest BCUT2D eigenvalue weighted by Crippen LogP contribution is 2.27. The highest BCUT2D eigenvalue weighted by molar-refractivity contribution is 7.99. The molecule has 0 amide bonds. The Morgan fingerprint density at radius 2 is 2.06 bits per heavy atom. The lowest BCUT2D eigenvalue weighted by Crippen LogP contribution is -2.28. The number of hydrogen-bond donors (Lipinski definition) is 1.